The second-order valence-electron chi connectivity index (χ2n) is 5.43. The molecule has 0 saturated heterocycles. The van der Waals surface area contributed by atoms with E-state index in [1.807, 2.05) is 0 Å². The average molecular weight is 321 g/mol. The van der Waals surface area contributed by atoms with Crippen LogP contribution in [-0.2, 0) is 21.2 Å². The predicted octanol–water partition coefficient (Wildman–Crippen LogP) is -0.306. The number of hydrogen-bond acceptors (Lipinski definition) is 6. The van der Waals surface area contributed by atoms with E-state index in [2.05, 4.69) is 4.72 Å². The van der Waals surface area contributed by atoms with E-state index in [4.69, 9.17) is 4.74 Å². The molecule has 0 aliphatic heterocycles. The summed E-state index contributed by atoms with van der Waals surface area (Å²) in [5.41, 5.74) is -0.648. The minimum atomic E-state index is -3.79. The standard InChI is InChI=1S/C11H20BNO5S2/c1-11(2,3)13-20(16,17)10-9(12(14)15)7-8(19-10)5-6-18-4/h7,13-15H,5-6H2,1-4H3. The SMILES string of the molecule is COCCc1cc(B(O)O)c(S(=O)(=O)NC(C)(C)C)s1. The third-order valence-corrected chi connectivity index (χ3v) is 5.81. The van der Waals surface area contributed by atoms with Crippen LogP contribution >= 0.6 is 11.3 Å². The van der Waals surface area contributed by atoms with Gasteiger partial charge in [-0.15, -0.1) is 11.3 Å². The highest BCUT2D eigenvalue weighted by Gasteiger charge is 2.31. The number of hydrogen-bond donors (Lipinski definition) is 3. The molecular weight excluding hydrogens is 301 g/mol. The fraction of sp³-hybridized carbons (Fsp3) is 0.636. The highest BCUT2D eigenvalue weighted by molar-refractivity contribution is 7.92. The van der Waals surface area contributed by atoms with Crippen molar-refractivity contribution in [2.75, 3.05) is 13.7 Å². The van der Waals surface area contributed by atoms with Gasteiger partial charge in [0.15, 0.2) is 0 Å². The van der Waals surface area contributed by atoms with Crippen molar-refractivity contribution in [3.05, 3.63) is 10.9 Å². The molecule has 1 heterocycles. The van der Waals surface area contributed by atoms with Gasteiger partial charge in [0.1, 0.15) is 4.21 Å². The van der Waals surface area contributed by atoms with Gasteiger partial charge in [0.2, 0.25) is 10.0 Å². The van der Waals surface area contributed by atoms with Crippen molar-refractivity contribution in [2.24, 2.45) is 0 Å². The summed E-state index contributed by atoms with van der Waals surface area (Å²) in [4.78, 5) is 0.726. The van der Waals surface area contributed by atoms with Gasteiger partial charge in [0.25, 0.3) is 0 Å². The van der Waals surface area contributed by atoms with Crippen LogP contribution < -0.4 is 10.2 Å². The van der Waals surface area contributed by atoms with Gasteiger partial charge in [-0.2, -0.15) is 0 Å². The molecule has 0 aliphatic rings. The third kappa shape index (κ3) is 4.83. The van der Waals surface area contributed by atoms with Crippen LogP contribution in [0.15, 0.2) is 10.3 Å². The quantitative estimate of drug-likeness (QED) is 0.625. The molecule has 3 N–H and O–H groups in total. The molecular formula is C11H20BNO5S2. The van der Waals surface area contributed by atoms with Gasteiger partial charge < -0.3 is 14.8 Å². The number of sulfonamides is 1. The first-order chi connectivity index (χ1) is 9.07. The molecule has 1 aromatic rings. The van der Waals surface area contributed by atoms with Gasteiger partial charge in [0.05, 0.1) is 6.61 Å². The smallest absolute Gasteiger partial charge is 0.423 e. The van der Waals surface area contributed by atoms with E-state index >= 15 is 0 Å². The van der Waals surface area contributed by atoms with Crippen LogP contribution in [0.1, 0.15) is 25.6 Å². The maximum atomic E-state index is 12.3. The van der Waals surface area contributed by atoms with Crippen LogP contribution in [0.4, 0.5) is 0 Å². The van der Waals surface area contributed by atoms with Gasteiger partial charge >= 0.3 is 7.12 Å². The molecule has 20 heavy (non-hydrogen) atoms. The summed E-state index contributed by atoms with van der Waals surface area (Å²) in [6, 6.07) is 1.49. The lowest BCUT2D eigenvalue weighted by Gasteiger charge is -2.20. The molecule has 6 nitrogen and oxygen atoms in total. The first kappa shape index (κ1) is 17.6. The van der Waals surface area contributed by atoms with Crippen LogP contribution in [-0.4, -0.2) is 44.8 Å². The van der Waals surface area contributed by atoms with Crippen LogP contribution in [0.2, 0.25) is 0 Å². The van der Waals surface area contributed by atoms with Gasteiger partial charge in [-0.25, -0.2) is 13.1 Å². The molecule has 0 amide bonds. The Bertz CT molecular complexity index is 548. The molecule has 0 fully saturated rings. The highest BCUT2D eigenvalue weighted by Crippen LogP contribution is 2.22. The summed E-state index contributed by atoms with van der Waals surface area (Å²) < 4.78 is 32.0. The van der Waals surface area contributed by atoms with E-state index < -0.39 is 22.7 Å². The molecule has 1 rings (SSSR count). The summed E-state index contributed by atoms with van der Waals surface area (Å²) in [5, 5.41) is 18.7. The largest absolute Gasteiger partial charge is 0.490 e. The Morgan fingerprint density at radius 3 is 2.45 bits per heavy atom. The molecule has 0 bridgehead atoms. The normalized spacial score (nSPS) is 12.7. The van der Waals surface area contributed by atoms with E-state index in [0.717, 1.165) is 16.2 Å². The fourth-order valence-corrected chi connectivity index (χ4v) is 4.76. The third-order valence-electron chi connectivity index (χ3n) is 2.29. The van der Waals surface area contributed by atoms with Crippen molar-refractivity contribution in [1.82, 2.24) is 4.72 Å². The van der Waals surface area contributed by atoms with Crippen molar-refractivity contribution in [3.63, 3.8) is 0 Å². The topological polar surface area (TPSA) is 95.9 Å². The zero-order valence-electron chi connectivity index (χ0n) is 12.0. The molecule has 0 spiro atoms. The van der Waals surface area contributed by atoms with Crippen LogP contribution in [0.25, 0.3) is 0 Å². The first-order valence-corrected chi connectivity index (χ1v) is 8.38. The second kappa shape index (κ2) is 6.55. The molecule has 0 saturated carbocycles. The lowest BCUT2D eigenvalue weighted by atomic mass is 9.82. The van der Waals surface area contributed by atoms with E-state index in [1.165, 1.54) is 6.07 Å². The summed E-state index contributed by atoms with van der Waals surface area (Å²) in [5.74, 6) is 0. The van der Waals surface area contributed by atoms with Crippen molar-refractivity contribution in [2.45, 2.75) is 36.9 Å². The van der Waals surface area contributed by atoms with E-state index in [-0.39, 0.29) is 9.67 Å². The van der Waals surface area contributed by atoms with Gasteiger partial charge in [-0.05, 0) is 26.8 Å². The summed E-state index contributed by atoms with van der Waals surface area (Å²) >= 11 is 1.02. The van der Waals surface area contributed by atoms with Crippen molar-refractivity contribution in [3.8, 4) is 0 Å². The minimum absolute atomic E-state index is 0.00199. The number of ether oxygens (including phenoxy) is 1. The van der Waals surface area contributed by atoms with E-state index in [9.17, 15) is 18.5 Å². The Balaban J connectivity index is 3.18. The zero-order valence-corrected chi connectivity index (χ0v) is 13.6. The Labute approximate surface area is 124 Å². The fourth-order valence-electron chi connectivity index (χ4n) is 1.61. The molecule has 0 aliphatic carbocycles. The van der Waals surface area contributed by atoms with Crippen LogP contribution in [0.5, 0.6) is 0 Å². The monoisotopic (exact) mass is 321 g/mol. The van der Waals surface area contributed by atoms with Crippen LogP contribution in [0.3, 0.4) is 0 Å². The highest BCUT2D eigenvalue weighted by atomic mass is 32.2. The average Bonchev–Trinajstić information content (AvgIpc) is 2.67. The first-order valence-electron chi connectivity index (χ1n) is 6.08. The van der Waals surface area contributed by atoms with Crippen LogP contribution in [0, 0.1) is 0 Å². The lowest BCUT2D eigenvalue weighted by molar-refractivity contribution is 0.203. The van der Waals surface area contributed by atoms with Crippen molar-refractivity contribution < 1.29 is 23.2 Å². The Morgan fingerprint density at radius 2 is 2.00 bits per heavy atom. The molecule has 0 unspecified atom stereocenters. The van der Waals surface area contributed by atoms with Crippen molar-refractivity contribution in [1.29, 1.82) is 0 Å². The Hall–Kier alpha value is -0.445. The second-order valence-corrected chi connectivity index (χ2v) is 8.44. The van der Waals surface area contributed by atoms with E-state index in [1.54, 1.807) is 27.9 Å². The lowest BCUT2D eigenvalue weighted by Crippen LogP contribution is -2.43. The predicted molar refractivity (Wildman–Crippen MR) is 79.8 cm³/mol. The summed E-state index contributed by atoms with van der Waals surface area (Å²) in [6.45, 7) is 5.60. The Morgan fingerprint density at radius 1 is 1.40 bits per heavy atom. The summed E-state index contributed by atoms with van der Waals surface area (Å²) in [7, 11) is -4.07. The maximum absolute atomic E-state index is 12.3. The van der Waals surface area contributed by atoms with Gasteiger partial charge in [0, 0.05) is 29.4 Å². The number of thiophene rings is 1. The molecule has 9 heteroatoms. The molecule has 114 valence electrons. The molecule has 0 radical (unpaired) electrons. The number of rotatable bonds is 6. The van der Waals surface area contributed by atoms with Gasteiger partial charge in [-0.1, -0.05) is 0 Å². The Kier molecular flexibility index (Phi) is 5.76. The number of nitrogens with one attached hydrogen (secondary N) is 1. The maximum Gasteiger partial charge on any atom is 0.490 e. The summed E-state index contributed by atoms with van der Waals surface area (Å²) in [6.07, 6.45) is 0.520. The minimum Gasteiger partial charge on any atom is -0.423 e. The van der Waals surface area contributed by atoms with E-state index in [0.29, 0.717) is 13.0 Å². The zero-order chi connectivity index (χ0) is 15.6. The number of methoxy groups -OCH3 is 1. The van der Waals surface area contributed by atoms with Gasteiger partial charge in [-0.3, -0.25) is 0 Å². The molecule has 1 aromatic heterocycles. The van der Waals surface area contributed by atoms with Crippen molar-refractivity contribution >= 4 is 33.9 Å². The molecule has 0 aromatic carbocycles. The molecule has 0 atom stereocenters.